The Hall–Kier alpha value is -3.39. The van der Waals surface area contributed by atoms with Crippen LogP contribution in [0.3, 0.4) is 0 Å². The molecule has 2 aromatic carbocycles. The molecule has 1 amide bonds. The second kappa shape index (κ2) is 11.1. The van der Waals surface area contributed by atoms with Crippen LogP contribution in [-0.2, 0) is 14.3 Å². The number of ketones is 1. The number of hydrogen-bond donors (Lipinski definition) is 1. The summed E-state index contributed by atoms with van der Waals surface area (Å²) in [7, 11) is 1.52. The Bertz CT molecular complexity index is 1140. The second-order valence-corrected chi connectivity index (χ2v) is 9.53. The standard InChI is InChI=1S/C28H32FNO6/c1-17(2)12-14-36-22-11-8-19(15-23(22)34-3)25-24(26(31)18-6-9-20(29)10-7-18)27(32)28(33)30(25)16-21-5-4-13-35-21/h6-11,15,17,21,25,31H,4-5,12-14,16H2,1-3H3. The minimum atomic E-state index is -0.863. The van der Waals surface area contributed by atoms with Crippen molar-refractivity contribution in [3.63, 3.8) is 0 Å². The van der Waals surface area contributed by atoms with Crippen molar-refractivity contribution in [1.82, 2.24) is 4.90 Å². The summed E-state index contributed by atoms with van der Waals surface area (Å²) in [5.74, 6) is -0.841. The van der Waals surface area contributed by atoms with Gasteiger partial charge in [0.15, 0.2) is 11.5 Å². The molecule has 0 aromatic heterocycles. The number of carbonyl (C=O) groups is 2. The van der Waals surface area contributed by atoms with Crippen LogP contribution in [-0.4, -0.2) is 54.7 Å². The van der Waals surface area contributed by atoms with E-state index in [0.717, 1.165) is 19.3 Å². The first-order chi connectivity index (χ1) is 17.3. The van der Waals surface area contributed by atoms with Gasteiger partial charge < -0.3 is 24.2 Å². The summed E-state index contributed by atoms with van der Waals surface area (Å²) in [4.78, 5) is 27.8. The van der Waals surface area contributed by atoms with Crippen LogP contribution in [0.4, 0.5) is 4.39 Å². The number of carbonyl (C=O) groups excluding carboxylic acids is 2. The molecule has 2 atom stereocenters. The van der Waals surface area contributed by atoms with Gasteiger partial charge in [0.05, 0.1) is 31.4 Å². The SMILES string of the molecule is COc1cc(C2C(=C(O)c3ccc(F)cc3)C(=O)C(=O)N2CC2CCCO2)ccc1OCCC(C)C. The van der Waals surface area contributed by atoms with Crippen LogP contribution >= 0.6 is 0 Å². The maximum Gasteiger partial charge on any atom is 0.295 e. The van der Waals surface area contributed by atoms with Crippen LogP contribution in [0.5, 0.6) is 11.5 Å². The van der Waals surface area contributed by atoms with Gasteiger partial charge in [-0.15, -0.1) is 0 Å². The third kappa shape index (κ3) is 5.38. The highest BCUT2D eigenvalue weighted by atomic mass is 19.1. The molecule has 2 saturated heterocycles. The van der Waals surface area contributed by atoms with E-state index < -0.39 is 23.5 Å². The summed E-state index contributed by atoms with van der Waals surface area (Å²) in [6, 6.07) is 9.52. The van der Waals surface area contributed by atoms with E-state index in [9.17, 15) is 19.1 Å². The summed E-state index contributed by atoms with van der Waals surface area (Å²) in [6.45, 7) is 5.56. The van der Waals surface area contributed by atoms with Crippen molar-refractivity contribution in [2.45, 2.75) is 45.3 Å². The second-order valence-electron chi connectivity index (χ2n) is 9.53. The van der Waals surface area contributed by atoms with E-state index >= 15 is 0 Å². The average molecular weight is 498 g/mol. The monoisotopic (exact) mass is 497 g/mol. The van der Waals surface area contributed by atoms with Crippen molar-refractivity contribution < 1.29 is 33.3 Å². The highest BCUT2D eigenvalue weighted by molar-refractivity contribution is 6.46. The number of Topliss-reactive ketones (excluding diaryl/α,β-unsaturated/α-hetero) is 1. The molecule has 7 nitrogen and oxygen atoms in total. The number of methoxy groups -OCH3 is 1. The topological polar surface area (TPSA) is 85.3 Å². The van der Waals surface area contributed by atoms with Crippen molar-refractivity contribution in [3.8, 4) is 11.5 Å². The molecule has 4 rings (SSSR count). The van der Waals surface area contributed by atoms with Crippen LogP contribution in [0.1, 0.15) is 50.3 Å². The number of aliphatic hydroxyl groups excluding tert-OH is 1. The van der Waals surface area contributed by atoms with Gasteiger partial charge in [-0.1, -0.05) is 19.9 Å². The first-order valence-electron chi connectivity index (χ1n) is 12.3. The lowest BCUT2D eigenvalue weighted by atomic mass is 9.94. The zero-order valence-corrected chi connectivity index (χ0v) is 20.8. The molecule has 2 fully saturated rings. The van der Waals surface area contributed by atoms with Gasteiger partial charge >= 0.3 is 0 Å². The van der Waals surface area contributed by atoms with Gasteiger partial charge in [0.1, 0.15) is 11.6 Å². The Morgan fingerprint density at radius 1 is 1.17 bits per heavy atom. The van der Waals surface area contributed by atoms with E-state index in [-0.39, 0.29) is 29.5 Å². The molecule has 2 aliphatic heterocycles. The first kappa shape index (κ1) is 25.7. The third-order valence-electron chi connectivity index (χ3n) is 6.54. The lowest BCUT2D eigenvalue weighted by Gasteiger charge is -2.28. The predicted molar refractivity (Wildman–Crippen MR) is 132 cm³/mol. The molecule has 1 N–H and O–H groups in total. The number of halogens is 1. The zero-order chi connectivity index (χ0) is 25.8. The van der Waals surface area contributed by atoms with Crippen LogP contribution in [0.25, 0.3) is 5.76 Å². The molecule has 36 heavy (non-hydrogen) atoms. The lowest BCUT2D eigenvalue weighted by Crippen LogP contribution is -2.36. The normalized spacial score (nSPS) is 21.4. The molecular weight excluding hydrogens is 465 g/mol. The summed E-state index contributed by atoms with van der Waals surface area (Å²) in [5.41, 5.74) is 0.779. The van der Waals surface area contributed by atoms with E-state index in [1.54, 1.807) is 18.2 Å². The fourth-order valence-corrected chi connectivity index (χ4v) is 4.56. The summed E-state index contributed by atoms with van der Waals surface area (Å²) < 4.78 is 30.7. The molecule has 0 bridgehead atoms. The van der Waals surface area contributed by atoms with Gasteiger partial charge in [0, 0.05) is 18.7 Å². The Morgan fingerprint density at radius 3 is 2.56 bits per heavy atom. The van der Waals surface area contributed by atoms with E-state index in [4.69, 9.17) is 14.2 Å². The van der Waals surface area contributed by atoms with Crippen molar-refractivity contribution in [2.24, 2.45) is 5.92 Å². The molecule has 2 aromatic rings. The Labute approximate surface area is 210 Å². The number of aliphatic hydroxyl groups is 1. The van der Waals surface area contributed by atoms with Crippen molar-refractivity contribution >= 4 is 17.4 Å². The minimum absolute atomic E-state index is 0.0554. The number of ether oxygens (including phenoxy) is 3. The van der Waals surface area contributed by atoms with Gasteiger partial charge in [-0.2, -0.15) is 0 Å². The molecule has 2 aliphatic rings. The Kier molecular flexibility index (Phi) is 7.94. The number of rotatable bonds is 9. The number of hydrogen-bond acceptors (Lipinski definition) is 6. The summed E-state index contributed by atoms with van der Waals surface area (Å²) in [5, 5.41) is 11.1. The van der Waals surface area contributed by atoms with E-state index in [0.29, 0.717) is 36.2 Å². The van der Waals surface area contributed by atoms with Crippen molar-refractivity contribution in [2.75, 3.05) is 26.9 Å². The van der Waals surface area contributed by atoms with Crippen LogP contribution in [0.2, 0.25) is 0 Å². The van der Waals surface area contributed by atoms with Crippen molar-refractivity contribution in [1.29, 1.82) is 0 Å². The number of amides is 1. The van der Waals surface area contributed by atoms with Gasteiger partial charge in [-0.3, -0.25) is 9.59 Å². The average Bonchev–Trinajstić information content (AvgIpc) is 3.46. The molecule has 0 spiro atoms. The van der Waals surface area contributed by atoms with Gasteiger partial charge in [-0.25, -0.2) is 4.39 Å². The molecular formula is C28H32FNO6. The fourth-order valence-electron chi connectivity index (χ4n) is 4.56. The number of likely N-dealkylation sites (tertiary alicyclic amines) is 1. The number of benzene rings is 2. The number of nitrogens with zero attached hydrogens (tertiary/aromatic N) is 1. The van der Waals surface area contributed by atoms with Crippen LogP contribution in [0.15, 0.2) is 48.0 Å². The quantitative estimate of drug-likeness (QED) is 0.303. The largest absolute Gasteiger partial charge is 0.507 e. The lowest BCUT2D eigenvalue weighted by molar-refractivity contribution is -0.140. The molecule has 0 saturated carbocycles. The maximum absolute atomic E-state index is 13.5. The molecule has 2 unspecified atom stereocenters. The highest BCUT2D eigenvalue weighted by Crippen LogP contribution is 2.42. The summed E-state index contributed by atoms with van der Waals surface area (Å²) >= 11 is 0. The van der Waals surface area contributed by atoms with Crippen LogP contribution < -0.4 is 9.47 Å². The van der Waals surface area contributed by atoms with Crippen LogP contribution in [0, 0.1) is 11.7 Å². The minimum Gasteiger partial charge on any atom is -0.507 e. The van der Waals surface area contributed by atoms with Gasteiger partial charge in [-0.05, 0) is 67.1 Å². The molecule has 192 valence electrons. The van der Waals surface area contributed by atoms with Gasteiger partial charge in [0.2, 0.25) is 0 Å². The zero-order valence-electron chi connectivity index (χ0n) is 20.8. The molecule has 8 heteroatoms. The predicted octanol–water partition coefficient (Wildman–Crippen LogP) is 4.86. The Balaban J connectivity index is 1.76. The first-order valence-corrected chi connectivity index (χ1v) is 12.3. The molecule has 0 aliphatic carbocycles. The van der Waals surface area contributed by atoms with E-state index in [1.807, 2.05) is 0 Å². The van der Waals surface area contributed by atoms with E-state index in [1.165, 1.54) is 36.3 Å². The fraction of sp³-hybridized carbons (Fsp3) is 0.429. The maximum atomic E-state index is 13.5. The van der Waals surface area contributed by atoms with E-state index in [2.05, 4.69) is 13.8 Å². The highest BCUT2D eigenvalue weighted by Gasteiger charge is 2.47. The smallest absolute Gasteiger partial charge is 0.295 e. The van der Waals surface area contributed by atoms with Gasteiger partial charge in [0.25, 0.3) is 11.7 Å². The Morgan fingerprint density at radius 2 is 1.92 bits per heavy atom. The third-order valence-corrected chi connectivity index (χ3v) is 6.54. The van der Waals surface area contributed by atoms with Crippen molar-refractivity contribution in [3.05, 3.63) is 65.0 Å². The molecule has 2 heterocycles. The summed E-state index contributed by atoms with van der Waals surface area (Å²) in [6.07, 6.45) is 2.34. The molecule has 0 radical (unpaired) electrons.